The van der Waals surface area contributed by atoms with Crippen LogP contribution in [0, 0.1) is 15.9 Å². The fourth-order valence-electron chi connectivity index (χ4n) is 2.93. The van der Waals surface area contributed by atoms with E-state index in [1.165, 1.54) is 30.3 Å². The van der Waals surface area contributed by atoms with Crippen molar-refractivity contribution in [1.29, 1.82) is 0 Å². The second kappa shape index (κ2) is 7.89. The molecule has 7 nitrogen and oxygen atoms in total. The first-order valence-corrected chi connectivity index (χ1v) is 8.72. The Kier molecular flexibility index (Phi) is 5.57. The topological polar surface area (TPSA) is 78.7 Å². The number of nitrogens with one attached hydrogen (secondary N) is 1. The summed E-state index contributed by atoms with van der Waals surface area (Å²) in [6.45, 7) is 2.74. The molecule has 142 valence electrons. The van der Waals surface area contributed by atoms with Crippen LogP contribution in [0.3, 0.4) is 0 Å². The van der Waals surface area contributed by atoms with Gasteiger partial charge >= 0.3 is 0 Å². The van der Waals surface area contributed by atoms with E-state index in [2.05, 4.69) is 10.2 Å². The van der Waals surface area contributed by atoms with Crippen LogP contribution in [0.4, 0.5) is 21.5 Å². The summed E-state index contributed by atoms with van der Waals surface area (Å²) in [5.74, 6) is -1.33. The van der Waals surface area contributed by atoms with Crippen molar-refractivity contribution in [2.24, 2.45) is 0 Å². The second-order valence-corrected chi connectivity index (χ2v) is 6.71. The molecule has 0 radical (unpaired) electrons. The third kappa shape index (κ3) is 4.17. The molecule has 1 saturated heterocycles. The van der Waals surface area contributed by atoms with Crippen LogP contribution in [-0.4, -0.2) is 49.0 Å². The molecule has 0 saturated carbocycles. The Labute approximate surface area is 160 Å². The SMILES string of the molecule is CN1CCN(c2cc(NC(=O)c3ccccc3F)c(Cl)cc2[N+](=O)[O-])CC1. The van der Waals surface area contributed by atoms with Gasteiger partial charge in [0.15, 0.2) is 0 Å². The maximum atomic E-state index is 13.8. The van der Waals surface area contributed by atoms with Gasteiger partial charge in [-0.05, 0) is 25.2 Å². The standard InChI is InChI=1S/C18H18ClFN4O3/c1-22-6-8-23(9-7-22)16-11-15(13(19)10-17(16)24(26)27)21-18(25)12-4-2-3-5-14(12)20/h2-5,10-11H,6-9H2,1H3,(H,21,25). The van der Waals surface area contributed by atoms with Gasteiger partial charge in [0.2, 0.25) is 0 Å². The highest BCUT2D eigenvalue weighted by Gasteiger charge is 2.25. The maximum Gasteiger partial charge on any atom is 0.294 e. The molecule has 0 aliphatic carbocycles. The first-order valence-electron chi connectivity index (χ1n) is 8.34. The second-order valence-electron chi connectivity index (χ2n) is 6.30. The molecular formula is C18H18ClFN4O3. The fourth-order valence-corrected chi connectivity index (χ4v) is 3.13. The van der Waals surface area contributed by atoms with Gasteiger partial charge in [-0.2, -0.15) is 0 Å². The van der Waals surface area contributed by atoms with Gasteiger partial charge in [0, 0.05) is 32.2 Å². The Morgan fingerprint density at radius 1 is 1.22 bits per heavy atom. The number of likely N-dealkylation sites (N-methyl/N-ethyl adjacent to an activating group) is 1. The van der Waals surface area contributed by atoms with Crippen LogP contribution < -0.4 is 10.2 Å². The van der Waals surface area contributed by atoms with E-state index >= 15 is 0 Å². The molecule has 1 heterocycles. The third-order valence-corrected chi connectivity index (χ3v) is 4.78. The van der Waals surface area contributed by atoms with Crippen molar-refractivity contribution in [2.75, 3.05) is 43.4 Å². The monoisotopic (exact) mass is 392 g/mol. The van der Waals surface area contributed by atoms with E-state index < -0.39 is 16.6 Å². The van der Waals surface area contributed by atoms with Crippen molar-refractivity contribution in [2.45, 2.75) is 0 Å². The van der Waals surface area contributed by atoms with E-state index in [9.17, 15) is 19.3 Å². The minimum Gasteiger partial charge on any atom is -0.363 e. The molecule has 1 aliphatic rings. The van der Waals surface area contributed by atoms with E-state index in [-0.39, 0.29) is 22.0 Å². The highest BCUT2D eigenvalue weighted by Crippen LogP contribution is 2.37. The average Bonchev–Trinajstić information content (AvgIpc) is 2.64. The molecule has 2 aromatic carbocycles. The van der Waals surface area contributed by atoms with Gasteiger partial charge in [-0.1, -0.05) is 23.7 Å². The van der Waals surface area contributed by atoms with Gasteiger partial charge in [-0.3, -0.25) is 14.9 Å². The van der Waals surface area contributed by atoms with Crippen LogP contribution in [0.1, 0.15) is 10.4 Å². The molecule has 9 heteroatoms. The van der Waals surface area contributed by atoms with Gasteiger partial charge in [0.1, 0.15) is 11.5 Å². The van der Waals surface area contributed by atoms with E-state index in [1.54, 1.807) is 6.07 Å². The van der Waals surface area contributed by atoms with Crippen LogP contribution in [0.15, 0.2) is 36.4 Å². The summed E-state index contributed by atoms with van der Waals surface area (Å²) in [7, 11) is 1.98. The Morgan fingerprint density at radius 2 is 1.89 bits per heavy atom. The molecule has 0 spiro atoms. The molecule has 27 heavy (non-hydrogen) atoms. The zero-order chi connectivity index (χ0) is 19.6. The van der Waals surface area contributed by atoms with Crippen LogP contribution >= 0.6 is 11.6 Å². The normalized spacial score (nSPS) is 14.9. The van der Waals surface area contributed by atoms with Gasteiger partial charge < -0.3 is 15.1 Å². The number of nitro benzene ring substituents is 1. The summed E-state index contributed by atoms with van der Waals surface area (Å²) in [5.41, 5.74) is 0.312. The van der Waals surface area contributed by atoms with Gasteiger partial charge in [-0.15, -0.1) is 0 Å². The van der Waals surface area contributed by atoms with E-state index in [0.717, 1.165) is 13.1 Å². The number of benzene rings is 2. The predicted molar refractivity (Wildman–Crippen MR) is 102 cm³/mol. The number of halogens is 2. The van der Waals surface area contributed by atoms with Gasteiger partial charge in [0.05, 0.1) is 21.2 Å². The summed E-state index contributed by atoms with van der Waals surface area (Å²) in [6.07, 6.45) is 0. The zero-order valence-electron chi connectivity index (χ0n) is 14.6. The number of anilines is 2. The summed E-state index contributed by atoms with van der Waals surface area (Å²) in [5, 5.41) is 14.0. The van der Waals surface area contributed by atoms with E-state index in [0.29, 0.717) is 18.8 Å². The summed E-state index contributed by atoms with van der Waals surface area (Å²) in [6, 6.07) is 8.26. The van der Waals surface area contributed by atoms with E-state index in [4.69, 9.17) is 11.6 Å². The number of rotatable bonds is 4. The predicted octanol–water partition coefficient (Wildman–Crippen LogP) is 3.39. The quantitative estimate of drug-likeness (QED) is 0.637. The Bertz CT molecular complexity index is 885. The summed E-state index contributed by atoms with van der Waals surface area (Å²) >= 11 is 6.14. The highest BCUT2D eigenvalue weighted by atomic mass is 35.5. The Balaban J connectivity index is 1.94. The molecule has 1 amide bonds. The molecule has 0 unspecified atom stereocenters. The lowest BCUT2D eigenvalue weighted by molar-refractivity contribution is -0.384. The van der Waals surface area contributed by atoms with Crippen LogP contribution in [0.2, 0.25) is 5.02 Å². The molecule has 1 N–H and O–H groups in total. The lowest BCUT2D eigenvalue weighted by atomic mass is 10.1. The maximum absolute atomic E-state index is 13.8. The number of piperazine rings is 1. The zero-order valence-corrected chi connectivity index (χ0v) is 15.4. The van der Waals surface area contributed by atoms with Crippen molar-refractivity contribution < 1.29 is 14.1 Å². The van der Waals surface area contributed by atoms with Crippen LogP contribution in [0.25, 0.3) is 0 Å². The number of nitro groups is 1. The Hall–Kier alpha value is -2.71. The molecule has 0 bridgehead atoms. The molecule has 1 fully saturated rings. The highest BCUT2D eigenvalue weighted by molar-refractivity contribution is 6.34. The average molecular weight is 393 g/mol. The van der Waals surface area contributed by atoms with Crippen molar-refractivity contribution in [3.05, 3.63) is 62.9 Å². The van der Waals surface area contributed by atoms with Crippen LogP contribution in [-0.2, 0) is 0 Å². The number of nitrogens with zero attached hydrogens (tertiary/aromatic N) is 3. The molecular weight excluding hydrogens is 375 g/mol. The molecule has 1 aliphatic heterocycles. The first-order chi connectivity index (χ1) is 12.9. The largest absolute Gasteiger partial charge is 0.363 e. The minimum atomic E-state index is -0.673. The molecule has 0 atom stereocenters. The number of hydrogen-bond donors (Lipinski definition) is 1. The first kappa shape index (κ1) is 19.1. The fraction of sp³-hybridized carbons (Fsp3) is 0.278. The van der Waals surface area contributed by atoms with Crippen molar-refractivity contribution in [3.63, 3.8) is 0 Å². The number of carbonyl (C=O) groups is 1. The molecule has 2 aromatic rings. The van der Waals surface area contributed by atoms with Gasteiger partial charge in [-0.25, -0.2) is 4.39 Å². The number of amides is 1. The van der Waals surface area contributed by atoms with E-state index in [1.807, 2.05) is 11.9 Å². The lowest BCUT2D eigenvalue weighted by Gasteiger charge is -2.33. The number of carbonyl (C=O) groups excluding carboxylic acids is 1. The smallest absolute Gasteiger partial charge is 0.294 e. The number of hydrogen-bond acceptors (Lipinski definition) is 5. The summed E-state index contributed by atoms with van der Waals surface area (Å²) in [4.78, 5) is 27.3. The van der Waals surface area contributed by atoms with Crippen LogP contribution in [0.5, 0.6) is 0 Å². The van der Waals surface area contributed by atoms with Crippen molar-refractivity contribution in [3.8, 4) is 0 Å². The van der Waals surface area contributed by atoms with Crippen molar-refractivity contribution in [1.82, 2.24) is 4.90 Å². The molecule has 0 aromatic heterocycles. The summed E-state index contributed by atoms with van der Waals surface area (Å²) < 4.78 is 13.8. The minimum absolute atomic E-state index is 0.0178. The Morgan fingerprint density at radius 3 is 2.52 bits per heavy atom. The lowest BCUT2D eigenvalue weighted by Crippen LogP contribution is -2.44. The van der Waals surface area contributed by atoms with Gasteiger partial charge in [0.25, 0.3) is 11.6 Å². The third-order valence-electron chi connectivity index (χ3n) is 4.47. The molecule has 3 rings (SSSR count). The van der Waals surface area contributed by atoms with Crippen molar-refractivity contribution >= 4 is 34.6 Å².